The number of hydrogen-bond donors (Lipinski definition) is 1. The van der Waals surface area contributed by atoms with Gasteiger partial charge in [-0.3, -0.25) is 4.79 Å². The maximum absolute atomic E-state index is 12.4. The van der Waals surface area contributed by atoms with E-state index in [-0.39, 0.29) is 12.5 Å². The molecule has 0 atom stereocenters. The number of amides is 1. The summed E-state index contributed by atoms with van der Waals surface area (Å²) in [7, 11) is 0. The van der Waals surface area contributed by atoms with E-state index in [1.165, 1.54) is 12.8 Å². The van der Waals surface area contributed by atoms with Crippen molar-refractivity contribution in [1.82, 2.24) is 20.1 Å². The van der Waals surface area contributed by atoms with Gasteiger partial charge >= 0.3 is 0 Å². The molecule has 1 amide bonds. The van der Waals surface area contributed by atoms with Crippen LogP contribution < -0.4 is 5.32 Å². The number of benzene rings is 1. The summed E-state index contributed by atoms with van der Waals surface area (Å²) in [6, 6.07) is 8.17. The van der Waals surface area contributed by atoms with Crippen LogP contribution in [0.3, 0.4) is 0 Å². The molecule has 1 saturated carbocycles. The van der Waals surface area contributed by atoms with Crippen LogP contribution in [0.25, 0.3) is 10.4 Å². The Morgan fingerprint density at radius 3 is 2.59 bits per heavy atom. The van der Waals surface area contributed by atoms with Crippen LogP contribution in [0.4, 0.5) is 0 Å². The number of azide groups is 1. The predicted octanol–water partition coefficient (Wildman–Crippen LogP) is 4.26. The van der Waals surface area contributed by atoms with Crippen LogP contribution >= 0.6 is 0 Å². The van der Waals surface area contributed by atoms with E-state index in [0.29, 0.717) is 31.3 Å². The molecule has 0 bridgehead atoms. The smallest absolute Gasteiger partial charge is 0.220 e. The van der Waals surface area contributed by atoms with Crippen LogP contribution in [0.15, 0.2) is 29.4 Å². The highest BCUT2D eigenvalue weighted by atomic mass is 16.1. The number of rotatable bonds is 11. The molecule has 1 aromatic heterocycles. The number of carbonyl (C=O) groups excluding carboxylic acids is 1. The molecule has 0 unspecified atom stereocenters. The van der Waals surface area contributed by atoms with E-state index >= 15 is 0 Å². The van der Waals surface area contributed by atoms with Crippen LogP contribution in [-0.4, -0.2) is 20.7 Å². The molecule has 0 spiro atoms. The van der Waals surface area contributed by atoms with Crippen LogP contribution in [0.1, 0.15) is 68.3 Å². The minimum absolute atomic E-state index is 0.0161. The monoisotopic (exact) mass is 395 g/mol. The average Bonchev–Trinajstić information content (AvgIpc) is 3.47. The summed E-state index contributed by atoms with van der Waals surface area (Å²) in [6.07, 6.45) is 5.36. The standard InChI is InChI=1S/C21H29N7O/c1-15(2)7-10-19-25-26-20(28(19)18-8-9-18)11-12-21(29)23-13-16-5-3-4-6-17(16)14-24-27-22/h3-6,15,18H,7-14H2,1-2H3,(H,23,29). The Hall–Kier alpha value is -2.86. The zero-order valence-corrected chi connectivity index (χ0v) is 17.2. The van der Waals surface area contributed by atoms with Crippen molar-refractivity contribution in [2.24, 2.45) is 11.0 Å². The topological polar surface area (TPSA) is 109 Å². The van der Waals surface area contributed by atoms with Gasteiger partial charge in [0.2, 0.25) is 5.91 Å². The highest BCUT2D eigenvalue weighted by Crippen LogP contribution is 2.37. The molecule has 1 aromatic carbocycles. The molecule has 0 saturated heterocycles. The lowest BCUT2D eigenvalue weighted by molar-refractivity contribution is -0.121. The van der Waals surface area contributed by atoms with Gasteiger partial charge in [0.25, 0.3) is 0 Å². The Balaban J connectivity index is 1.54. The third-order valence-electron chi connectivity index (χ3n) is 5.17. The number of aryl methyl sites for hydroxylation is 2. The molecule has 0 aliphatic heterocycles. The summed E-state index contributed by atoms with van der Waals surface area (Å²) < 4.78 is 2.27. The van der Waals surface area contributed by atoms with Crippen LogP contribution in [0, 0.1) is 5.92 Å². The van der Waals surface area contributed by atoms with Crippen molar-refractivity contribution < 1.29 is 4.79 Å². The zero-order chi connectivity index (χ0) is 20.6. The number of aromatic nitrogens is 3. The molecule has 3 rings (SSSR count). The van der Waals surface area contributed by atoms with Crippen molar-refractivity contribution >= 4 is 5.91 Å². The zero-order valence-electron chi connectivity index (χ0n) is 17.2. The van der Waals surface area contributed by atoms with E-state index in [1.54, 1.807) is 0 Å². The fourth-order valence-electron chi connectivity index (χ4n) is 3.37. The molecule has 1 aliphatic carbocycles. The fraction of sp³-hybridized carbons (Fsp3) is 0.571. The van der Waals surface area contributed by atoms with Gasteiger partial charge in [-0.25, -0.2) is 0 Å². The minimum atomic E-state index is -0.0161. The molecule has 8 nitrogen and oxygen atoms in total. The van der Waals surface area contributed by atoms with Gasteiger partial charge in [-0.05, 0) is 41.8 Å². The van der Waals surface area contributed by atoms with Gasteiger partial charge < -0.3 is 9.88 Å². The third kappa shape index (κ3) is 6.06. The Morgan fingerprint density at radius 1 is 1.24 bits per heavy atom. The Labute approximate surface area is 171 Å². The summed E-state index contributed by atoms with van der Waals surface area (Å²) >= 11 is 0. The highest BCUT2D eigenvalue weighted by Gasteiger charge is 2.29. The van der Waals surface area contributed by atoms with E-state index in [9.17, 15) is 4.79 Å². The van der Waals surface area contributed by atoms with E-state index in [4.69, 9.17) is 5.53 Å². The highest BCUT2D eigenvalue weighted by molar-refractivity contribution is 5.76. The quantitative estimate of drug-likeness (QED) is 0.349. The lowest BCUT2D eigenvalue weighted by Gasteiger charge is -2.11. The van der Waals surface area contributed by atoms with E-state index < -0.39 is 0 Å². The van der Waals surface area contributed by atoms with Crippen molar-refractivity contribution in [3.05, 3.63) is 57.5 Å². The van der Waals surface area contributed by atoms with Crippen molar-refractivity contribution in [1.29, 1.82) is 0 Å². The van der Waals surface area contributed by atoms with Gasteiger partial charge in [0.15, 0.2) is 0 Å². The third-order valence-corrected chi connectivity index (χ3v) is 5.17. The molecular weight excluding hydrogens is 366 g/mol. The summed E-state index contributed by atoms with van der Waals surface area (Å²) in [5, 5.41) is 15.4. The summed E-state index contributed by atoms with van der Waals surface area (Å²) in [6.45, 7) is 5.14. The molecule has 1 fully saturated rings. The van der Waals surface area contributed by atoms with Crippen molar-refractivity contribution in [2.75, 3.05) is 0 Å². The lowest BCUT2D eigenvalue weighted by Crippen LogP contribution is -2.24. The van der Waals surface area contributed by atoms with Crippen LogP contribution in [0.5, 0.6) is 0 Å². The fourth-order valence-corrected chi connectivity index (χ4v) is 3.37. The number of nitrogens with one attached hydrogen (secondary N) is 1. The second-order valence-corrected chi connectivity index (χ2v) is 8.00. The van der Waals surface area contributed by atoms with Crippen LogP contribution in [0.2, 0.25) is 0 Å². The average molecular weight is 396 g/mol. The van der Waals surface area contributed by atoms with E-state index in [0.717, 1.165) is 35.6 Å². The number of carbonyl (C=O) groups is 1. The molecule has 2 aromatic rings. The normalized spacial score (nSPS) is 13.3. The van der Waals surface area contributed by atoms with Crippen molar-refractivity contribution in [3.63, 3.8) is 0 Å². The summed E-state index contributed by atoms with van der Waals surface area (Å²) in [5.41, 5.74) is 10.4. The first-order chi connectivity index (χ1) is 14.1. The van der Waals surface area contributed by atoms with Crippen molar-refractivity contribution in [3.8, 4) is 0 Å². The SMILES string of the molecule is CC(C)CCc1nnc(CCC(=O)NCc2ccccc2CN=[N+]=[N-])n1C1CC1. The first kappa shape index (κ1) is 20.9. The lowest BCUT2D eigenvalue weighted by atomic mass is 10.1. The minimum Gasteiger partial charge on any atom is -0.352 e. The molecule has 1 aliphatic rings. The molecule has 1 N–H and O–H groups in total. The predicted molar refractivity (Wildman–Crippen MR) is 111 cm³/mol. The Morgan fingerprint density at radius 2 is 1.93 bits per heavy atom. The maximum Gasteiger partial charge on any atom is 0.220 e. The van der Waals surface area contributed by atoms with Gasteiger partial charge in [0.05, 0.1) is 6.54 Å². The van der Waals surface area contributed by atoms with Gasteiger partial charge in [0, 0.05) is 36.8 Å². The first-order valence-electron chi connectivity index (χ1n) is 10.4. The summed E-state index contributed by atoms with van der Waals surface area (Å²) in [5.74, 6) is 2.60. The van der Waals surface area contributed by atoms with Crippen molar-refractivity contribution in [2.45, 2.75) is 71.5 Å². The second kappa shape index (κ2) is 10.1. The molecule has 0 radical (unpaired) electrons. The second-order valence-electron chi connectivity index (χ2n) is 8.00. The molecule has 1 heterocycles. The largest absolute Gasteiger partial charge is 0.352 e. The number of hydrogen-bond acceptors (Lipinski definition) is 4. The van der Waals surface area contributed by atoms with Crippen LogP contribution in [-0.2, 0) is 30.7 Å². The molecule has 154 valence electrons. The van der Waals surface area contributed by atoms with Gasteiger partial charge in [0.1, 0.15) is 11.6 Å². The molecule has 29 heavy (non-hydrogen) atoms. The molecular formula is C21H29N7O. The number of nitrogens with zero attached hydrogens (tertiary/aromatic N) is 6. The molecule has 8 heteroatoms. The Bertz CT molecular complexity index is 879. The van der Waals surface area contributed by atoms with E-state index in [2.05, 4.69) is 44.0 Å². The maximum atomic E-state index is 12.4. The van der Waals surface area contributed by atoms with Gasteiger partial charge in [-0.2, -0.15) is 0 Å². The van der Waals surface area contributed by atoms with Gasteiger partial charge in [-0.1, -0.05) is 43.2 Å². The van der Waals surface area contributed by atoms with E-state index in [1.807, 2.05) is 24.3 Å². The Kier molecular flexibility index (Phi) is 7.25. The van der Waals surface area contributed by atoms with Gasteiger partial charge in [-0.15, -0.1) is 10.2 Å². The first-order valence-corrected chi connectivity index (χ1v) is 10.4. The summed E-state index contributed by atoms with van der Waals surface area (Å²) in [4.78, 5) is 15.2.